The van der Waals surface area contributed by atoms with Crippen molar-refractivity contribution in [2.45, 2.75) is 39.4 Å². The fourth-order valence-electron chi connectivity index (χ4n) is 5.88. The lowest BCUT2D eigenvalue weighted by atomic mass is 9.90. The summed E-state index contributed by atoms with van der Waals surface area (Å²) in [6.45, 7) is 15.9. The number of thiazole rings is 1. The maximum atomic E-state index is 10.8. The summed E-state index contributed by atoms with van der Waals surface area (Å²) >= 11 is 7.92. The Bertz CT molecular complexity index is 1830. The number of likely N-dealkylation sites (N-methyl/N-ethyl adjacent to an activating group) is 1. The van der Waals surface area contributed by atoms with E-state index in [0.717, 1.165) is 80.3 Å². The average molecular weight is 616 g/mol. The number of rotatable bonds is 6. The first-order chi connectivity index (χ1) is 20.4. The number of hydrogen-bond acceptors (Lipinski definition) is 7. The van der Waals surface area contributed by atoms with Crippen LogP contribution in [0.15, 0.2) is 61.1 Å². The molecule has 0 unspecified atom stereocenters. The highest BCUT2D eigenvalue weighted by atomic mass is 35.5. The molecule has 0 bridgehead atoms. The van der Waals surface area contributed by atoms with Crippen molar-refractivity contribution in [3.05, 3.63) is 77.3 Å². The van der Waals surface area contributed by atoms with Gasteiger partial charge in [0, 0.05) is 72.7 Å². The minimum absolute atomic E-state index is 0.0347. The van der Waals surface area contributed by atoms with Crippen LogP contribution in [0.1, 0.15) is 38.0 Å². The number of pyridine rings is 1. The number of halogens is 1. The number of piperazine rings is 1. The topological polar surface area (TPSA) is 66.7 Å². The van der Waals surface area contributed by atoms with Crippen molar-refractivity contribution in [3.8, 4) is 21.7 Å². The standard InChI is InChI=1S/C34H38ClN5O2S/c1-20-16-26-31(29(22-8-10-24(35)11-9-22)28(20)30(21(2)41)42-34(3,4)5)43-33(37-26)23-17-25-27(19-39(7)32(25)36-18-23)40-14-12-38(6)13-15-40/h8-11,16-19,30,41H,2,12-15H2,1,3-7H3/t30-/m1/s1. The van der Waals surface area contributed by atoms with Gasteiger partial charge in [0.1, 0.15) is 22.5 Å². The summed E-state index contributed by atoms with van der Waals surface area (Å²) < 4.78 is 9.53. The molecule has 6 rings (SSSR count). The van der Waals surface area contributed by atoms with Crippen LogP contribution >= 0.6 is 22.9 Å². The van der Waals surface area contributed by atoms with E-state index in [2.05, 4.69) is 53.4 Å². The van der Waals surface area contributed by atoms with E-state index >= 15 is 0 Å². The van der Waals surface area contributed by atoms with Gasteiger partial charge in [0.2, 0.25) is 0 Å². The van der Waals surface area contributed by atoms with Crippen molar-refractivity contribution in [2.75, 3.05) is 38.1 Å². The first-order valence-electron chi connectivity index (χ1n) is 14.5. The van der Waals surface area contributed by atoms with Gasteiger partial charge in [-0.15, -0.1) is 11.3 Å². The normalized spacial score (nSPS) is 15.5. The molecule has 0 radical (unpaired) electrons. The zero-order valence-electron chi connectivity index (χ0n) is 25.6. The second kappa shape index (κ2) is 11.2. The number of nitrogens with zero attached hydrogens (tertiary/aromatic N) is 5. The summed E-state index contributed by atoms with van der Waals surface area (Å²) in [5.74, 6) is -0.0347. The quantitative estimate of drug-likeness (QED) is 0.194. The number of aryl methyl sites for hydroxylation is 2. The molecule has 1 aliphatic rings. The molecule has 0 amide bonds. The van der Waals surface area contributed by atoms with E-state index in [1.54, 1.807) is 11.3 Å². The van der Waals surface area contributed by atoms with Crippen LogP contribution in [-0.2, 0) is 11.8 Å². The summed E-state index contributed by atoms with van der Waals surface area (Å²) in [4.78, 5) is 14.8. The lowest BCUT2D eigenvalue weighted by molar-refractivity contribution is -0.0594. The monoisotopic (exact) mass is 615 g/mol. The molecular weight excluding hydrogens is 578 g/mol. The third kappa shape index (κ3) is 5.77. The molecule has 43 heavy (non-hydrogen) atoms. The summed E-state index contributed by atoms with van der Waals surface area (Å²) in [7, 11) is 4.23. The maximum Gasteiger partial charge on any atom is 0.141 e. The lowest BCUT2D eigenvalue weighted by Crippen LogP contribution is -2.44. The van der Waals surface area contributed by atoms with E-state index in [1.807, 2.05) is 58.2 Å². The van der Waals surface area contributed by atoms with Crippen molar-refractivity contribution in [1.82, 2.24) is 19.4 Å². The minimum Gasteiger partial charge on any atom is -0.510 e. The number of ether oxygens (including phenoxy) is 1. The molecule has 4 heterocycles. The Balaban J connectivity index is 1.53. The van der Waals surface area contributed by atoms with E-state index in [9.17, 15) is 5.11 Å². The second-order valence-corrected chi connectivity index (χ2v) is 13.9. The summed E-state index contributed by atoms with van der Waals surface area (Å²) in [5.41, 5.74) is 7.31. The molecule has 1 aliphatic heterocycles. The molecule has 2 aromatic carbocycles. The van der Waals surface area contributed by atoms with Gasteiger partial charge in [-0.3, -0.25) is 0 Å². The van der Waals surface area contributed by atoms with Gasteiger partial charge in [-0.2, -0.15) is 0 Å². The first-order valence-corrected chi connectivity index (χ1v) is 15.7. The van der Waals surface area contributed by atoms with E-state index in [1.165, 1.54) is 5.69 Å². The molecule has 0 aliphatic carbocycles. The van der Waals surface area contributed by atoms with E-state index in [-0.39, 0.29) is 5.76 Å². The van der Waals surface area contributed by atoms with E-state index in [4.69, 9.17) is 26.3 Å². The van der Waals surface area contributed by atoms with Gasteiger partial charge in [-0.1, -0.05) is 30.3 Å². The minimum atomic E-state index is -0.714. The van der Waals surface area contributed by atoms with Gasteiger partial charge in [-0.25, -0.2) is 9.97 Å². The third-order valence-corrected chi connectivity index (χ3v) is 9.37. The highest BCUT2D eigenvalue weighted by Gasteiger charge is 2.30. The molecule has 5 aromatic rings. The number of fused-ring (bicyclic) bond motifs is 2. The largest absolute Gasteiger partial charge is 0.510 e. The van der Waals surface area contributed by atoms with Crippen molar-refractivity contribution < 1.29 is 9.84 Å². The fraction of sp³-hybridized carbons (Fsp3) is 0.353. The number of aromatic nitrogens is 3. The van der Waals surface area contributed by atoms with E-state index < -0.39 is 11.7 Å². The van der Waals surface area contributed by atoms with Crippen LogP contribution in [-0.4, -0.2) is 63.4 Å². The third-order valence-electron chi connectivity index (χ3n) is 7.98. The molecular formula is C34H38ClN5O2S. The zero-order valence-corrected chi connectivity index (χ0v) is 27.2. The van der Waals surface area contributed by atoms with Crippen LogP contribution in [0.2, 0.25) is 5.02 Å². The van der Waals surface area contributed by atoms with Crippen LogP contribution in [0.3, 0.4) is 0 Å². The van der Waals surface area contributed by atoms with E-state index in [0.29, 0.717) is 5.02 Å². The summed E-state index contributed by atoms with van der Waals surface area (Å²) in [6.07, 6.45) is 3.40. The SMILES string of the molecule is C=C(O)[C@@H](OC(C)(C)C)c1c(C)cc2nc(-c3cnc4c(c3)c(N3CCN(C)CC3)cn4C)sc2c1-c1ccc(Cl)cc1. The number of aliphatic hydroxyl groups is 1. The number of anilines is 1. The molecule has 3 aromatic heterocycles. The van der Waals surface area contributed by atoms with Crippen molar-refractivity contribution in [2.24, 2.45) is 7.05 Å². The van der Waals surface area contributed by atoms with Crippen molar-refractivity contribution in [1.29, 1.82) is 0 Å². The Morgan fingerprint density at radius 3 is 2.42 bits per heavy atom. The Morgan fingerprint density at radius 1 is 1.07 bits per heavy atom. The zero-order chi connectivity index (χ0) is 30.6. The Kier molecular flexibility index (Phi) is 7.75. The van der Waals surface area contributed by atoms with Gasteiger partial charge in [0.15, 0.2) is 0 Å². The number of aliphatic hydroxyl groups excluding tert-OH is 1. The highest BCUT2D eigenvalue weighted by molar-refractivity contribution is 7.22. The summed E-state index contributed by atoms with van der Waals surface area (Å²) in [5, 5.41) is 13.5. The molecule has 9 heteroatoms. The van der Waals surface area contributed by atoms with Gasteiger partial charge in [0.05, 0.1) is 21.5 Å². The van der Waals surface area contributed by atoms with Gasteiger partial charge in [0.25, 0.3) is 0 Å². The van der Waals surface area contributed by atoms with Gasteiger partial charge >= 0.3 is 0 Å². The van der Waals surface area contributed by atoms with Crippen molar-refractivity contribution >= 4 is 49.9 Å². The fourth-order valence-corrected chi connectivity index (χ4v) is 7.11. The summed E-state index contributed by atoms with van der Waals surface area (Å²) in [6, 6.07) is 12.1. The first kappa shape index (κ1) is 29.6. The van der Waals surface area contributed by atoms with Crippen LogP contribution < -0.4 is 4.90 Å². The molecule has 1 N–H and O–H groups in total. The molecule has 1 fully saturated rings. The van der Waals surface area contributed by atoms with Crippen LogP contribution in [0.25, 0.3) is 42.9 Å². The number of benzene rings is 2. The Hall–Kier alpha value is -3.43. The number of hydrogen-bond donors (Lipinski definition) is 1. The molecule has 1 atom stereocenters. The predicted octanol–water partition coefficient (Wildman–Crippen LogP) is 8.16. The van der Waals surface area contributed by atoms with Crippen molar-refractivity contribution in [3.63, 3.8) is 0 Å². The van der Waals surface area contributed by atoms with Crippen LogP contribution in [0, 0.1) is 6.92 Å². The van der Waals surface area contributed by atoms with Gasteiger partial charge in [-0.05, 0) is 70.1 Å². The molecule has 0 saturated carbocycles. The second-order valence-electron chi connectivity index (χ2n) is 12.5. The maximum absolute atomic E-state index is 10.8. The molecule has 0 spiro atoms. The van der Waals surface area contributed by atoms with Crippen LogP contribution in [0.4, 0.5) is 5.69 Å². The molecule has 7 nitrogen and oxygen atoms in total. The Morgan fingerprint density at radius 2 is 1.77 bits per heavy atom. The average Bonchev–Trinajstić information content (AvgIpc) is 3.52. The predicted molar refractivity (Wildman–Crippen MR) is 180 cm³/mol. The lowest BCUT2D eigenvalue weighted by Gasteiger charge is -2.33. The van der Waals surface area contributed by atoms with Gasteiger partial charge < -0.3 is 24.2 Å². The molecule has 1 saturated heterocycles. The smallest absolute Gasteiger partial charge is 0.141 e. The molecule has 224 valence electrons. The highest BCUT2D eigenvalue weighted by Crippen LogP contribution is 2.46. The Labute approximate surface area is 262 Å². The van der Waals surface area contributed by atoms with Crippen LogP contribution in [0.5, 0.6) is 0 Å².